The molecule has 0 spiro atoms. The molecule has 1 heterocycles. The molecule has 0 atom stereocenters. The van der Waals surface area contributed by atoms with Crippen molar-refractivity contribution in [1.82, 2.24) is 4.98 Å². The molecule has 4 nitrogen and oxygen atoms in total. The van der Waals surface area contributed by atoms with Crippen LogP contribution in [0, 0.1) is 6.92 Å². The summed E-state index contributed by atoms with van der Waals surface area (Å²) in [6, 6.07) is 5.30. The zero-order chi connectivity index (χ0) is 11.7. The van der Waals surface area contributed by atoms with Crippen molar-refractivity contribution in [2.24, 2.45) is 0 Å². The van der Waals surface area contributed by atoms with E-state index in [2.05, 4.69) is 4.98 Å². The zero-order valence-electron chi connectivity index (χ0n) is 9.02. The number of hydrogen-bond acceptors (Lipinski definition) is 3. The van der Waals surface area contributed by atoms with Crippen molar-refractivity contribution in [3.05, 3.63) is 35.7 Å². The van der Waals surface area contributed by atoms with E-state index in [1.54, 1.807) is 19.4 Å². The highest BCUT2D eigenvalue weighted by Gasteiger charge is 2.07. The topological polar surface area (TPSA) is 59.4 Å². The van der Waals surface area contributed by atoms with Crippen LogP contribution >= 0.6 is 0 Å². The summed E-state index contributed by atoms with van der Waals surface area (Å²) in [4.78, 5) is 14.6. The molecule has 2 aromatic rings. The van der Waals surface area contributed by atoms with Gasteiger partial charge in [-0.25, -0.2) is 9.78 Å². The Morgan fingerprint density at radius 1 is 1.31 bits per heavy atom. The molecule has 0 bridgehead atoms. The smallest absolute Gasteiger partial charge is 0.354 e. The van der Waals surface area contributed by atoms with E-state index < -0.39 is 5.97 Å². The van der Waals surface area contributed by atoms with Crippen LogP contribution in [-0.4, -0.2) is 23.2 Å². The number of ether oxygens (including phenoxy) is 1. The molecule has 0 aliphatic rings. The maximum atomic E-state index is 10.8. The van der Waals surface area contributed by atoms with Crippen molar-refractivity contribution in [3.63, 3.8) is 0 Å². The summed E-state index contributed by atoms with van der Waals surface area (Å²) in [6.07, 6.45) is 1.54. The van der Waals surface area contributed by atoms with Gasteiger partial charge in [-0.2, -0.15) is 0 Å². The number of hydrogen-bond donors (Lipinski definition) is 1. The number of carbonyl (C=O) groups is 1. The fourth-order valence-electron chi connectivity index (χ4n) is 1.62. The number of carboxylic acid groups (broad SMARTS) is 1. The quantitative estimate of drug-likeness (QED) is 0.838. The molecule has 0 amide bonds. The van der Waals surface area contributed by atoms with Crippen molar-refractivity contribution in [2.45, 2.75) is 6.92 Å². The monoisotopic (exact) mass is 217 g/mol. The fraction of sp³-hybridized carbons (Fsp3) is 0.167. The van der Waals surface area contributed by atoms with Crippen molar-refractivity contribution < 1.29 is 14.6 Å². The lowest BCUT2D eigenvalue weighted by atomic mass is 10.1. The van der Waals surface area contributed by atoms with Gasteiger partial charge in [-0.3, -0.25) is 0 Å². The third kappa shape index (κ3) is 1.69. The van der Waals surface area contributed by atoms with E-state index in [1.165, 1.54) is 0 Å². The minimum atomic E-state index is -1.02. The number of aromatic carboxylic acids is 1. The summed E-state index contributed by atoms with van der Waals surface area (Å²) >= 11 is 0. The van der Waals surface area contributed by atoms with Crippen molar-refractivity contribution in [1.29, 1.82) is 0 Å². The molecule has 1 aromatic heterocycles. The first-order valence-electron chi connectivity index (χ1n) is 4.79. The highest BCUT2D eigenvalue weighted by molar-refractivity contribution is 5.92. The Kier molecular flexibility index (Phi) is 2.48. The predicted octanol–water partition coefficient (Wildman–Crippen LogP) is 2.25. The zero-order valence-corrected chi connectivity index (χ0v) is 9.02. The van der Waals surface area contributed by atoms with E-state index in [0.29, 0.717) is 0 Å². The molecular weight excluding hydrogens is 206 g/mol. The van der Waals surface area contributed by atoms with Gasteiger partial charge in [-0.15, -0.1) is 0 Å². The first-order valence-corrected chi connectivity index (χ1v) is 4.79. The third-order valence-corrected chi connectivity index (χ3v) is 2.45. The molecule has 16 heavy (non-hydrogen) atoms. The van der Waals surface area contributed by atoms with Gasteiger partial charge in [0.15, 0.2) is 0 Å². The van der Waals surface area contributed by atoms with Crippen LogP contribution in [0.5, 0.6) is 5.75 Å². The van der Waals surface area contributed by atoms with Gasteiger partial charge in [0.1, 0.15) is 11.4 Å². The van der Waals surface area contributed by atoms with Crippen LogP contribution in [0.4, 0.5) is 0 Å². The van der Waals surface area contributed by atoms with Crippen LogP contribution in [0.15, 0.2) is 24.4 Å². The van der Waals surface area contributed by atoms with Gasteiger partial charge in [0.25, 0.3) is 0 Å². The summed E-state index contributed by atoms with van der Waals surface area (Å²) in [5.74, 6) is -0.243. The number of benzene rings is 1. The summed E-state index contributed by atoms with van der Waals surface area (Å²) < 4.78 is 5.19. The average Bonchev–Trinajstić information content (AvgIpc) is 2.27. The number of aromatic nitrogens is 1. The number of methoxy groups -OCH3 is 1. The molecule has 0 saturated carbocycles. The van der Waals surface area contributed by atoms with Crippen LogP contribution < -0.4 is 4.74 Å². The number of pyridine rings is 1. The van der Waals surface area contributed by atoms with Gasteiger partial charge >= 0.3 is 5.97 Å². The van der Waals surface area contributed by atoms with E-state index in [0.717, 1.165) is 22.1 Å². The van der Waals surface area contributed by atoms with Crippen molar-refractivity contribution in [3.8, 4) is 5.75 Å². The number of rotatable bonds is 2. The van der Waals surface area contributed by atoms with Gasteiger partial charge in [-0.1, -0.05) is 0 Å². The number of nitrogens with zero attached hydrogens (tertiary/aromatic N) is 1. The average molecular weight is 217 g/mol. The van der Waals surface area contributed by atoms with Crippen molar-refractivity contribution >= 4 is 16.7 Å². The van der Waals surface area contributed by atoms with E-state index in [1.807, 2.05) is 19.1 Å². The summed E-state index contributed by atoms with van der Waals surface area (Å²) in [6.45, 7) is 1.92. The second-order valence-electron chi connectivity index (χ2n) is 3.54. The van der Waals surface area contributed by atoms with Crippen LogP contribution in [0.25, 0.3) is 10.8 Å². The summed E-state index contributed by atoms with van der Waals surface area (Å²) in [5.41, 5.74) is 1.02. The van der Waals surface area contributed by atoms with E-state index in [-0.39, 0.29) is 5.69 Å². The normalized spacial score (nSPS) is 10.4. The van der Waals surface area contributed by atoms with Crippen LogP contribution in [0.2, 0.25) is 0 Å². The standard InChI is InChI=1S/C12H11NO3/c1-7-3-8-4-10(12(14)15)13-6-9(8)5-11(7)16-2/h3-6H,1-2H3,(H,14,15). The van der Waals surface area contributed by atoms with Gasteiger partial charge in [-0.05, 0) is 36.1 Å². The molecular formula is C12H11NO3. The molecule has 1 aromatic carbocycles. The molecule has 2 rings (SSSR count). The van der Waals surface area contributed by atoms with Crippen molar-refractivity contribution in [2.75, 3.05) is 7.11 Å². The minimum absolute atomic E-state index is 0.0528. The van der Waals surface area contributed by atoms with Gasteiger partial charge in [0.2, 0.25) is 0 Å². The Bertz CT molecular complexity index is 563. The lowest BCUT2D eigenvalue weighted by Crippen LogP contribution is -1.99. The van der Waals surface area contributed by atoms with Gasteiger partial charge in [0, 0.05) is 11.6 Å². The Hall–Kier alpha value is -2.10. The Balaban J connectivity index is 2.66. The van der Waals surface area contributed by atoms with E-state index in [4.69, 9.17) is 9.84 Å². The SMILES string of the molecule is COc1cc2cnc(C(=O)O)cc2cc1C. The molecule has 0 aliphatic carbocycles. The van der Waals surface area contributed by atoms with Gasteiger partial charge < -0.3 is 9.84 Å². The second kappa shape index (κ2) is 3.81. The first-order chi connectivity index (χ1) is 7.61. The van der Waals surface area contributed by atoms with Crippen LogP contribution in [-0.2, 0) is 0 Å². The van der Waals surface area contributed by atoms with Crippen LogP contribution in [0.3, 0.4) is 0 Å². The lowest BCUT2D eigenvalue weighted by Gasteiger charge is -2.06. The fourth-order valence-corrected chi connectivity index (χ4v) is 1.62. The summed E-state index contributed by atoms with van der Waals surface area (Å²) in [5, 5.41) is 10.5. The minimum Gasteiger partial charge on any atom is -0.496 e. The Labute approximate surface area is 92.5 Å². The molecule has 0 saturated heterocycles. The molecule has 82 valence electrons. The Morgan fingerprint density at radius 3 is 2.69 bits per heavy atom. The first kappa shape index (κ1) is 10.4. The van der Waals surface area contributed by atoms with Gasteiger partial charge in [0.05, 0.1) is 7.11 Å². The number of carboxylic acids is 1. The molecule has 0 radical (unpaired) electrons. The summed E-state index contributed by atoms with van der Waals surface area (Å²) in [7, 11) is 1.60. The maximum absolute atomic E-state index is 10.8. The number of fused-ring (bicyclic) bond motifs is 1. The highest BCUT2D eigenvalue weighted by atomic mass is 16.5. The molecule has 4 heteroatoms. The van der Waals surface area contributed by atoms with Crippen LogP contribution in [0.1, 0.15) is 16.1 Å². The maximum Gasteiger partial charge on any atom is 0.354 e. The number of aryl methyl sites for hydroxylation is 1. The Morgan fingerprint density at radius 2 is 2.06 bits per heavy atom. The largest absolute Gasteiger partial charge is 0.496 e. The molecule has 0 fully saturated rings. The molecule has 0 aliphatic heterocycles. The highest BCUT2D eigenvalue weighted by Crippen LogP contribution is 2.25. The van der Waals surface area contributed by atoms with E-state index in [9.17, 15) is 4.79 Å². The third-order valence-electron chi connectivity index (χ3n) is 2.45. The molecule has 1 N–H and O–H groups in total. The molecule has 0 unspecified atom stereocenters. The second-order valence-corrected chi connectivity index (χ2v) is 3.54. The predicted molar refractivity (Wildman–Crippen MR) is 60.0 cm³/mol. The lowest BCUT2D eigenvalue weighted by molar-refractivity contribution is 0.0690. The van der Waals surface area contributed by atoms with E-state index >= 15 is 0 Å².